The lowest BCUT2D eigenvalue weighted by Crippen LogP contribution is -2.44. The van der Waals surface area contributed by atoms with E-state index in [1.165, 1.54) is 4.80 Å². The van der Waals surface area contributed by atoms with Crippen molar-refractivity contribution in [3.8, 4) is 0 Å². The van der Waals surface area contributed by atoms with Gasteiger partial charge in [0, 0.05) is 5.56 Å². The molecule has 0 radical (unpaired) electrons. The Labute approximate surface area is 129 Å². The second kappa shape index (κ2) is 6.09. The van der Waals surface area contributed by atoms with Crippen LogP contribution in [0, 0.1) is 0 Å². The molecule has 1 aromatic heterocycles. The van der Waals surface area contributed by atoms with Gasteiger partial charge in [0.1, 0.15) is 5.54 Å². The molecule has 1 heterocycles. The number of amides is 1. The minimum Gasteiger partial charge on any atom is -0.339 e. The van der Waals surface area contributed by atoms with Crippen molar-refractivity contribution in [3.63, 3.8) is 0 Å². The second-order valence-corrected chi connectivity index (χ2v) is 5.57. The number of aromatic nitrogens is 4. The number of rotatable bonds is 5. The minimum absolute atomic E-state index is 0.0948. The molecule has 1 saturated carbocycles. The third-order valence-corrected chi connectivity index (χ3v) is 4.02. The van der Waals surface area contributed by atoms with Crippen molar-refractivity contribution < 1.29 is 4.79 Å². The van der Waals surface area contributed by atoms with E-state index in [2.05, 4.69) is 27.3 Å². The molecule has 0 saturated heterocycles. The molecule has 1 fully saturated rings. The topological polar surface area (TPSA) is 72.7 Å². The van der Waals surface area contributed by atoms with Crippen LogP contribution in [0.4, 0.5) is 0 Å². The van der Waals surface area contributed by atoms with E-state index in [-0.39, 0.29) is 5.91 Å². The van der Waals surface area contributed by atoms with Gasteiger partial charge in [0.2, 0.25) is 0 Å². The maximum Gasteiger partial charge on any atom is 0.252 e. The first kappa shape index (κ1) is 14.4. The molecule has 3 rings (SSSR count). The monoisotopic (exact) mass is 297 g/mol. The summed E-state index contributed by atoms with van der Waals surface area (Å²) in [4.78, 5) is 14.0. The van der Waals surface area contributed by atoms with Gasteiger partial charge in [-0.25, -0.2) is 0 Å². The lowest BCUT2D eigenvalue weighted by Gasteiger charge is -2.26. The van der Waals surface area contributed by atoms with E-state index in [1.54, 1.807) is 18.2 Å². The predicted molar refractivity (Wildman–Crippen MR) is 82.1 cm³/mol. The van der Waals surface area contributed by atoms with E-state index in [0.717, 1.165) is 25.7 Å². The highest BCUT2D eigenvalue weighted by molar-refractivity contribution is 5.94. The Morgan fingerprint density at radius 3 is 2.73 bits per heavy atom. The highest BCUT2D eigenvalue weighted by Crippen LogP contribution is 2.37. The molecule has 6 nitrogen and oxygen atoms in total. The van der Waals surface area contributed by atoms with Crippen LogP contribution in [0.3, 0.4) is 0 Å². The Bertz CT molecular complexity index is 658. The molecule has 0 spiro atoms. The van der Waals surface area contributed by atoms with E-state index in [1.807, 2.05) is 18.2 Å². The Hall–Kier alpha value is -2.50. The van der Waals surface area contributed by atoms with E-state index in [0.29, 0.717) is 17.9 Å². The van der Waals surface area contributed by atoms with Gasteiger partial charge in [-0.05, 0) is 30.2 Å². The van der Waals surface area contributed by atoms with Crippen LogP contribution in [0.2, 0.25) is 0 Å². The molecular weight excluding hydrogens is 278 g/mol. The van der Waals surface area contributed by atoms with Gasteiger partial charge in [-0.1, -0.05) is 37.1 Å². The third kappa shape index (κ3) is 2.77. The highest BCUT2D eigenvalue weighted by atomic mass is 16.1. The number of carbonyl (C=O) groups is 1. The van der Waals surface area contributed by atoms with Crippen LogP contribution in [-0.4, -0.2) is 26.1 Å². The van der Waals surface area contributed by atoms with Crippen LogP contribution in [0.1, 0.15) is 41.9 Å². The third-order valence-electron chi connectivity index (χ3n) is 4.02. The Morgan fingerprint density at radius 1 is 1.32 bits per heavy atom. The van der Waals surface area contributed by atoms with Crippen molar-refractivity contribution >= 4 is 5.91 Å². The molecule has 2 aromatic rings. The smallest absolute Gasteiger partial charge is 0.252 e. The van der Waals surface area contributed by atoms with Gasteiger partial charge >= 0.3 is 0 Å². The molecule has 22 heavy (non-hydrogen) atoms. The highest BCUT2D eigenvalue weighted by Gasteiger charge is 2.41. The molecule has 1 aliphatic carbocycles. The first-order valence-electron chi connectivity index (χ1n) is 7.50. The maximum absolute atomic E-state index is 12.5. The summed E-state index contributed by atoms with van der Waals surface area (Å²) in [6.45, 7) is 4.18. The summed E-state index contributed by atoms with van der Waals surface area (Å²) in [6.07, 6.45) is 5.49. The van der Waals surface area contributed by atoms with Crippen LogP contribution >= 0.6 is 0 Å². The first-order valence-corrected chi connectivity index (χ1v) is 7.50. The summed E-state index contributed by atoms with van der Waals surface area (Å²) >= 11 is 0. The number of carbonyl (C=O) groups excluding carboxylic acids is 1. The number of nitrogens with one attached hydrogen (secondary N) is 1. The van der Waals surface area contributed by atoms with Gasteiger partial charge in [0.15, 0.2) is 5.82 Å². The van der Waals surface area contributed by atoms with Crippen LogP contribution in [-0.2, 0) is 12.1 Å². The van der Waals surface area contributed by atoms with Crippen molar-refractivity contribution in [2.75, 3.05) is 0 Å². The van der Waals surface area contributed by atoms with Gasteiger partial charge in [0.25, 0.3) is 5.91 Å². The van der Waals surface area contributed by atoms with Gasteiger partial charge in [-0.15, -0.1) is 16.8 Å². The largest absolute Gasteiger partial charge is 0.339 e. The molecule has 1 aromatic carbocycles. The van der Waals surface area contributed by atoms with Crippen molar-refractivity contribution in [1.82, 2.24) is 25.5 Å². The van der Waals surface area contributed by atoms with E-state index >= 15 is 0 Å². The Balaban J connectivity index is 1.85. The number of nitrogens with zero attached hydrogens (tertiary/aromatic N) is 4. The molecule has 114 valence electrons. The van der Waals surface area contributed by atoms with Crippen molar-refractivity contribution in [2.24, 2.45) is 0 Å². The zero-order valence-electron chi connectivity index (χ0n) is 12.4. The molecular formula is C16H19N5O. The lowest BCUT2D eigenvalue weighted by molar-refractivity contribution is 0.0893. The summed E-state index contributed by atoms with van der Waals surface area (Å²) < 4.78 is 0. The van der Waals surface area contributed by atoms with E-state index in [9.17, 15) is 4.79 Å². The molecule has 1 aliphatic rings. The van der Waals surface area contributed by atoms with Crippen LogP contribution in [0.5, 0.6) is 0 Å². The minimum atomic E-state index is -0.508. The van der Waals surface area contributed by atoms with Crippen LogP contribution in [0.15, 0.2) is 43.0 Å². The van der Waals surface area contributed by atoms with Gasteiger partial charge in [-0.2, -0.15) is 4.80 Å². The Morgan fingerprint density at radius 2 is 2.05 bits per heavy atom. The average molecular weight is 297 g/mol. The predicted octanol–water partition coefficient (Wildman–Crippen LogP) is 2.06. The van der Waals surface area contributed by atoms with Crippen LogP contribution < -0.4 is 5.32 Å². The first-order chi connectivity index (χ1) is 10.7. The van der Waals surface area contributed by atoms with Gasteiger partial charge in [-0.3, -0.25) is 4.79 Å². The van der Waals surface area contributed by atoms with Crippen molar-refractivity contribution in [3.05, 3.63) is 54.4 Å². The zero-order chi connectivity index (χ0) is 15.4. The maximum atomic E-state index is 12.5. The number of hydrogen-bond donors (Lipinski definition) is 1. The summed E-state index contributed by atoms with van der Waals surface area (Å²) in [6, 6.07) is 9.22. The summed E-state index contributed by atoms with van der Waals surface area (Å²) in [5.74, 6) is 0.499. The summed E-state index contributed by atoms with van der Waals surface area (Å²) in [5, 5.41) is 15.7. The van der Waals surface area contributed by atoms with Crippen LogP contribution in [0.25, 0.3) is 0 Å². The quantitative estimate of drug-likeness (QED) is 0.857. The summed E-state index contributed by atoms with van der Waals surface area (Å²) in [7, 11) is 0. The molecule has 1 N–H and O–H groups in total. The number of allylic oxidation sites excluding steroid dienone is 1. The SMILES string of the molecule is C=CCn1nnc(C2(NC(=O)c3ccccc3)CCCC2)n1. The number of hydrogen-bond acceptors (Lipinski definition) is 4. The lowest BCUT2D eigenvalue weighted by atomic mass is 9.96. The molecule has 1 amide bonds. The molecule has 0 atom stereocenters. The Kier molecular flexibility index (Phi) is 4.00. The average Bonchev–Trinajstić information content (AvgIpc) is 3.19. The fraction of sp³-hybridized carbons (Fsp3) is 0.375. The molecule has 0 aliphatic heterocycles. The van der Waals surface area contributed by atoms with Gasteiger partial charge in [0.05, 0.1) is 6.54 Å². The fourth-order valence-electron chi connectivity index (χ4n) is 2.89. The standard InChI is InChI=1S/C16H19N5O/c1-2-12-21-19-15(18-20-21)16(10-6-7-11-16)17-14(22)13-8-4-3-5-9-13/h2-5,8-9H,1,6-7,10-12H2,(H,17,22). The zero-order valence-corrected chi connectivity index (χ0v) is 12.4. The van der Waals surface area contributed by atoms with E-state index < -0.39 is 5.54 Å². The number of benzene rings is 1. The van der Waals surface area contributed by atoms with Crippen molar-refractivity contribution in [1.29, 1.82) is 0 Å². The normalized spacial score (nSPS) is 16.4. The molecule has 6 heteroatoms. The fourth-order valence-corrected chi connectivity index (χ4v) is 2.89. The van der Waals surface area contributed by atoms with Crippen molar-refractivity contribution in [2.45, 2.75) is 37.8 Å². The summed E-state index contributed by atoms with van der Waals surface area (Å²) in [5.41, 5.74) is 0.138. The van der Waals surface area contributed by atoms with Gasteiger partial charge < -0.3 is 5.32 Å². The van der Waals surface area contributed by atoms with E-state index in [4.69, 9.17) is 0 Å². The molecule has 0 unspecified atom stereocenters. The molecule has 0 bridgehead atoms. The second-order valence-electron chi connectivity index (χ2n) is 5.57. The number of tetrazole rings is 1.